The van der Waals surface area contributed by atoms with Gasteiger partial charge in [0.05, 0.1) is 17.6 Å². The number of rotatable bonds is 4. The van der Waals surface area contributed by atoms with E-state index >= 15 is 0 Å². The maximum atomic E-state index is 12.9. The molecule has 3 N–H and O–H groups in total. The summed E-state index contributed by atoms with van der Waals surface area (Å²) in [6.45, 7) is 0. The Morgan fingerprint density at radius 3 is 2.76 bits per heavy atom. The molecule has 1 atom stereocenters. The van der Waals surface area contributed by atoms with Crippen molar-refractivity contribution in [3.63, 3.8) is 0 Å². The highest BCUT2D eigenvalue weighted by Gasteiger charge is 2.17. The molecule has 2 aromatic rings. The van der Waals surface area contributed by atoms with Gasteiger partial charge in [0.25, 0.3) is 0 Å². The minimum Gasteiger partial charge on any atom is -0.354 e. The molecule has 0 saturated carbocycles. The summed E-state index contributed by atoms with van der Waals surface area (Å²) >= 11 is 0. The van der Waals surface area contributed by atoms with E-state index in [1.165, 1.54) is 12.1 Å². The Labute approximate surface area is 120 Å². The van der Waals surface area contributed by atoms with Crippen LogP contribution in [0.25, 0.3) is 5.70 Å². The number of aromatic nitrogens is 1. The predicted molar refractivity (Wildman–Crippen MR) is 78.0 cm³/mol. The quantitative estimate of drug-likeness (QED) is 0.749. The van der Waals surface area contributed by atoms with Gasteiger partial charge in [-0.05, 0) is 36.4 Å². The Kier molecular flexibility index (Phi) is 3.61. The summed E-state index contributed by atoms with van der Waals surface area (Å²) in [5, 5.41) is 3.18. The van der Waals surface area contributed by atoms with Crippen LogP contribution in [0.1, 0.15) is 5.56 Å². The summed E-state index contributed by atoms with van der Waals surface area (Å²) in [5.41, 5.74) is 8.98. The highest BCUT2D eigenvalue weighted by atomic mass is 19.1. The van der Waals surface area contributed by atoms with Crippen molar-refractivity contribution in [3.05, 3.63) is 60.2 Å². The monoisotopic (exact) mass is 284 g/mol. The van der Waals surface area contributed by atoms with E-state index in [-0.39, 0.29) is 11.9 Å². The van der Waals surface area contributed by atoms with Crippen LogP contribution in [0.4, 0.5) is 15.8 Å². The molecule has 1 unspecified atom stereocenters. The molecule has 0 fully saturated rings. The first-order valence-corrected chi connectivity index (χ1v) is 6.42. The highest BCUT2D eigenvalue weighted by Crippen LogP contribution is 2.26. The topological polar surface area (TPSA) is 66.0 Å². The second-order valence-electron chi connectivity index (χ2n) is 4.56. The van der Waals surface area contributed by atoms with Crippen LogP contribution < -0.4 is 16.2 Å². The van der Waals surface area contributed by atoms with Crippen molar-refractivity contribution in [2.45, 2.75) is 6.04 Å². The van der Waals surface area contributed by atoms with Crippen molar-refractivity contribution in [2.75, 3.05) is 5.32 Å². The zero-order valence-electron chi connectivity index (χ0n) is 11.0. The number of aldehydes is 1. The second kappa shape index (κ2) is 5.72. The molecule has 6 heteroatoms. The molecule has 2 heterocycles. The number of halogens is 1. The number of hydrogen-bond acceptors (Lipinski definition) is 5. The fraction of sp³-hybridized carbons (Fsp3) is 0.0667. The fourth-order valence-electron chi connectivity index (χ4n) is 2.07. The Balaban J connectivity index is 1.89. The van der Waals surface area contributed by atoms with E-state index in [0.717, 1.165) is 28.9 Å². The van der Waals surface area contributed by atoms with E-state index in [4.69, 9.17) is 0 Å². The molecule has 1 aliphatic heterocycles. The third-order valence-electron chi connectivity index (χ3n) is 3.10. The largest absolute Gasteiger partial charge is 0.354 e. The Morgan fingerprint density at radius 1 is 1.24 bits per heavy atom. The van der Waals surface area contributed by atoms with Gasteiger partial charge in [-0.25, -0.2) is 9.82 Å². The van der Waals surface area contributed by atoms with Crippen molar-refractivity contribution in [2.24, 2.45) is 0 Å². The zero-order valence-corrected chi connectivity index (χ0v) is 11.0. The van der Waals surface area contributed by atoms with E-state index < -0.39 is 0 Å². The lowest BCUT2D eigenvalue weighted by Gasteiger charge is -2.12. The molecule has 3 rings (SSSR count). The molecule has 21 heavy (non-hydrogen) atoms. The van der Waals surface area contributed by atoms with Gasteiger partial charge in [0.15, 0.2) is 0 Å². The summed E-state index contributed by atoms with van der Waals surface area (Å²) in [4.78, 5) is 14.9. The van der Waals surface area contributed by atoms with E-state index in [9.17, 15) is 9.18 Å². The average Bonchev–Trinajstić information content (AvgIpc) is 2.99. The fourth-order valence-corrected chi connectivity index (χ4v) is 2.07. The lowest BCUT2D eigenvalue weighted by molar-refractivity contribution is -0.108. The van der Waals surface area contributed by atoms with Crippen molar-refractivity contribution in [1.29, 1.82) is 0 Å². The Hall–Kier alpha value is -2.73. The molecule has 0 aliphatic carbocycles. The number of benzene rings is 1. The standard InChI is InChI=1S/C15H13FN4O/c16-10-1-3-11(4-2-10)18-15-8-17-6-5-13(15)14-7-12(9-21)19-20-14/h1-9,12,18-20H. The predicted octanol–water partition coefficient (Wildman–Crippen LogP) is 1.98. The maximum absolute atomic E-state index is 12.9. The van der Waals surface area contributed by atoms with E-state index in [1.807, 2.05) is 6.07 Å². The van der Waals surface area contributed by atoms with E-state index in [2.05, 4.69) is 21.2 Å². The minimum atomic E-state index is -0.355. The van der Waals surface area contributed by atoms with Gasteiger partial charge in [-0.15, -0.1) is 0 Å². The van der Waals surface area contributed by atoms with Gasteiger partial charge in [-0.2, -0.15) is 0 Å². The molecule has 1 aromatic heterocycles. The molecule has 0 amide bonds. The first-order valence-electron chi connectivity index (χ1n) is 6.42. The number of hydrazine groups is 1. The van der Waals surface area contributed by atoms with Gasteiger partial charge in [-0.3, -0.25) is 4.98 Å². The molecule has 106 valence electrons. The number of anilines is 2. The Bertz CT molecular complexity index is 684. The number of pyridine rings is 1. The van der Waals surface area contributed by atoms with Crippen molar-refractivity contribution in [3.8, 4) is 0 Å². The van der Waals surface area contributed by atoms with Crippen molar-refractivity contribution in [1.82, 2.24) is 15.8 Å². The summed E-state index contributed by atoms with van der Waals surface area (Å²) in [7, 11) is 0. The number of hydrogen-bond donors (Lipinski definition) is 3. The van der Waals surface area contributed by atoms with Gasteiger partial charge in [0.1, 0.15) is 18.1 Å². The normalized spacial score (nSPS) is 17.0. The van der Waals surface area contributed by atoms with Gasteiger partial charge in [0.2, 0.25) is 0 Å². The third-order valence-corrected chi connectivity index (χ3v) is 3.10. The maximum Gasteiger partial charge on any atom is 0.142 e. The first kappa shape index (κ1) is 13.3. The molecule has 1 aromatic carbocycles. The minimum absolute atomic E-state index is 0.287. The summed E-state index contributed by atoms with van der Waals surface area (Å²) < 4.78 is 12.9. The van der Waals surface area contributed by atoms with Crippen LogP contribution in [0.5, 0.6) is 0 Å². The second-order valence-corrected chi connectivity index (χ2v) is 4.56. The highest BCUT2D eigenvalue weighted by molar-refractivity contribution is 5.81. The van der Waals surface area contributed by atoms with Crippen LogP contribution in [-0.4, -0.2) is 17.3 Å². The number of carbonyl (C=O) groups is 1. The van der Waals surface area contributed by atoms with Crippen LogP contribution in [0.15, 0.2) is 48.8 Å². The van der Waals surface area contributed by atoms with Crippen LogP contribution in [-0.2, 0) is 4.79 Å². The molecular formula is C15H13FN4O. The summed E-state index contributed by atoms with van der Waals surface area (Å²) in [6.07, 6.45) is 5.95. The molecule has 1 aliphatic rings. The SMILES string of the molecule is O=CC1C=C(c2ccncc2Nc2ccc(F)cc2)NN1. The molecule has 0 saturated heterocycles. The molecule has 0 bridgehead atoms. The third kappa shape index (κ3) is 2.90. The molecule has 0 radical (unpaired) electrons. The van der Waals surface area contributed by atoms with Crippen LogP contribution in [0.3, 0.4) is 0 Å². The molecule has 0 spiro atoms. The lowest BCUT2D eigenvalue weighted by Crippen LogP contribution is -2.32. The molecular weight excluding hydrogens is 271 g/mol. The van der Waals surface area contributed by atoms with E-state index in [0.29, 0.717) is 0 Å². The van der Waals surface area contributed by atoms with Crippen LogP contribution >= 0.6 is 0 Å². The number of carbonyl (C=O) groups excluding carboxylic acids is 1. The average molecular weight is 284 g/mol. The molecule has 5 nitrogen and oxygen atoms in total. The Morgan fingerprint density at radius 2 is 2.05 bits per heavy atom. The van der Waals surface area contributed by atoms with Gasteiger partial charge in [0, 0.05) is 17.4 Å². The lowest BCUT2D eigenvalue weighted by atomic mass is 10.1. The van der Waals surface area contributed by atoms with Crippen LogP contribution in [0.2, 0.25) is 0 Å². The van der Waals surface area contributed by atoms with Gasteiger partial charge < -0.3 is 15.5 Å². The number of nitrogens with one attached hydrogen (secondary N) is 3. The number of nitrogens with zero attached hydrogens (tertiary/aromatic N) is 1. The van der Waals surface area contributed by atoms with Gasteiger partial charge in [-0.1, -0.05) is 0 Å². The van der Waals surface area contributed by atoms with Crippen molar-refractivity contribution >= 4 is 23.4 Å². The zero-order chi connectivity index (χ0) is 14.7. The summed E-state index contributed by atoms with van der Waals surface area (Å²) in [5.74, 6) is -0.287. The van der Waals surface area contributed by atoms with Crippen LogP contribution in [0, 0.1) is 5.82 Å². The smallest absolute Gasteiger partial charge is 0.142 e. The first-order chi connectivity index (χ1) is 10.3. The summed E-state index contributed by atoms with van der Waals surface area (Å²) in [6, 6.07) is 7.54. The van der Waals surface area contributed by atoms with E-state index in [1.54, 1.807) is 30.6 Å². The van der Waals surface area contributed by atoms with Crippen molar-refractivity contribution < 1.29 is 9.18 Å². The van der Waals surface area contributed by atoms with Gasteiger partial charge >= 0.3 is 0 Å².